The van der Waals surface area contributed by atoms with Crippen LogP contribution in [0, 0.1) is 17.8 Å². The molecule has 0 saturated carbocycles. The van der Waals surface area contributed by atoms with Crippen LogP contribution >= 0.6 is 0 Å². The van der Waals surface area contributed by atoms with E-state index in [9.17, 15) is 0 Å². The van der Waals surface area contributed by atoms with E-state index in [0.29, 0.717) is 17.8 Å². The minimum atomic E-state index is 0.554. The maximum Gasteiger partial charge on any atom is 0.0695 e. The van der Waals surface area contributed by atoms with Crippen molar-refractivity contribution in [3.63, 3.8) is 0 Å². The summed E-state index contributed by atoms with van der Waals surface area (Å²) in [7, 11) is 2.00. The third-order valence-corrected chi connectivity index (χ3v) is 6.57. The van der Waals surface area contributed by atoms with Crippen LogP contribution < -0.4 is 10.6 Å². The van der Waals surface area contributed by atoms with Gasteiger partial charge in [-0.2, -0.15) is 0 Å². The Hall–Kier alpha value is -2.96. The van der Waals surface area contributed by atoms with Crippen LogP contribution in [0.25, 0.3) is 5.57 Å². The Kier molecular flexibility index (Phi) is 10.3. The number of benzene rings is 1. The molecule has 0 spiro atoms. The van der Waals surface area contributed by atoms with Crippen LogP contribution in [-0.4, -0.2) is 7.05 Å². The summed E-state index contributed by atoms with van der Waals surface area (Å²) in [6.45, 7) is 21.2. The van der Waals surface area contributed by atoms with E-state index in [-0.39, 0.29) is 0 Å². The lowest BCUT2D eigenvalue weighted by Gasteiger charge is -2.25. The Morgan fingerprint density at radius 2 is 1.94 bits per heavy atom. The van der Waals surface area contributed by atoms with Gasteiger partial charge in [0.05, 0.1) is 5.70 Å². The molecule has 1 aromatic carbocycles. The summed E-state index contributed by atoms with van der Waals surface area (Å²) in [5, 5.41) is 6.52. The van der Waals surface area contributed by atoms with Crippen molar-refractivity contribution in [2.75, 3.05) is 12.4 Å². The molecular formula is C31H42N2. The third kappa shape index (κ3) is 7.84. The van der Waals surface area contributed by atoms with Gasteiger partial charge in [0.1, 0.15) is 0 Å². The highest BCUT2D eigenvalue weighted by atomic mass is 15.0. The van der Waals surface area contributed by atoms with Crippen molar-refractivity contribution >= 4 is 11.3 Å². The second-order valence-corrected chi connectivity index (χ2v) is 9.36. The smallest absolute Gasteiger partial charge is 0.0695 e. The number of rotatable bonds is 14. The quantitative estimate of drug-likeness (QED) is 0.173. The molecule has 1 heterocycles. The van der Waals surface area contributed by atoms with E-state index < -0.39 is 0 Å². The highest BCUT2D eigenvalue weighted by Crippen LogP contribution is 2.35. The molecular weight excluding hydrogens is 400 g/mol. The van der Waals surface area contributed by atoms with E-state index in [1.165, 1.54) is 35.2 Å². The lowest BCUT2D eigenvalue weighted by atomic mass is 9.81. The summed E-state index contributed by atoms with van der Waals surface area (Å²) in [4.78, 5) is 0. The zero-order valence-electron chi connectivity index (χ0n) is 21.3. The number of allylic oxidation sites excluding steroid dienone is 6. The molecule has 1 aliphatic heterocycles. The van der Waals surface area contributed by atoms with E-state index in [4.69, 9.17) is 0 Å². The highest BCUT2D eigenvalue weighted by Gasteiger charge is 2.19. The molecule has 1 aliphatic rings. The van der Waals surface area contributed by atoms with E-state index in [1.807, 2.05) is 19.3 Å². The third-order valence-electron chi connectivity index (χ3n) is 6.57. The summed E-state index contributed by atoms with van der Waals surface area (Å²) >= 11 is 0. The van der Waals surface area contributed by atoms with Gasteiger partial charge >= 0.3 is 0 Å². The second-order valence-electron chi connectivity index (χ2n) is 9.36. The van der Waals surface area contributed by atoms with Crippen molar-refractivity contribution in [2.45, 2.75) is 53.4 Å². The average Bonchev–Trinajstić information content (AvgIpc) is 3.64. The number of anilines is 1. The number of hydrogen-bond donors (Lipinski definition) is 2. The van der Waals surface area contributed by atoms with Crippen molar-refractivity contribution in [1.29, 1.82) is 0 Å². The van der Waals surface area contributed by atoms with Gasteiger partial charge in [-0.05, 0) is 73.6 Å². The normalized spacial score (nSPS) is 14.8. The van der Waals surface area contributed by atoms with Crippen molar-refractivity contribution < 1.29 is 0 Å². The molecule has 0 fully saturated rings. The van der Waals surface area contributed by atoms with Gasteiger partial charge in [-0.1, -0.05) is 69.9 Å². The summed E-state index contributed by atoms with van der Waals surface area (Å²) in [6, 6.07) is 6.53. The van der Waals surface area contributed by atoms with Gasteiger partial charge in [0.15, 0.2) is 0 Å². The SMILES string of the molecule is C=C=C(/C=C/C(=C)Cc1cccc(NC)c1/C(=C\C)CC[C@H](CC(C)C=C)C(C)C)C1=CN1. The minimum absolute atomic E-state index is 0.554. The molecule has 2 rings (SSSR count). The van der Waals surface area contributed by atoms with Gasteiger partial charge in [0.25, 0.3) is 0 Å². The molecule has 0 amide bonds. The molecule has 33 heavy (non-hydrogen) atoms. The fourth-order valence-electron chi connectivity index (χ4n) is 4.33. The van der Waals surface area contributed by atoms with E-state index in [0.717, 1.165) is 29.7 Å². The summed E-state index contributed by atoms with van der Waals surface area (Å²) in [5.41, 5.74) is 11.3. The first kappa shape index (κ1) is 26.3. The largest absolute Gasteiger partial charge is 0.388 e. The van der Waals surface area contributed by atoms with Crippen LogP contribution in [0.5, 0.6) is 0 Å². The maximum atomic E-state index is 4.32. The van der Waals surface area contributed by atoms with Crippen LogP contribution in [0.4, 0.5) is 5.69 Å². The van der Waals surface area contributed by atoms with Crippen LogP contribution in [0.2, 0.25) is 0 Å². The van der Waals surface area contributed by atoms with Gasteiger partial charge in [0, 0.05) is 30.1 Å². The van der Waals surface area contributed by atoms with E-state index in [1.54, 1.807) is 0 Å². The molecule has 0 aromatic heterocycles. The average molecular weight is 443 g/mol. The Bertz CT molecular complexity index is 980. The summed E-state index contributed by atoms with van der Waals surface area (Å²) in [5.74, 6) is 1.90. The van der Waals surface area contributed by atoms with Gasteiger partial charge in [-0.3, -0.25) is 0 Å². The predicted octanol–water partition coefficient (Wildman–Crippen LogP) is 8.21. The Morgan fingerprint density at radius 3 is 2.48 bits per heavy atom. The van der Waals surface area contributed by atoms with Crippen LogP contribution in [-0.2, 0) is 6.42 Å². The molecule has 2 nitrogen and oxygen atoms in total. The van der Waals surface area contributed by atoms with Gasteiger partial charge in [0.2, 0.25) is 0 Å². The zero-order chi connectivity index (χ0) is 24.4. The van der Waals surface area contributed by atoms with Crippen molar-refractivity contribution in [2.24, 2.45) is 17.8 Å². The monoisotopic (exact) mass is 442 g/mol. The molecule has 0 aliphatic carbocycles. The fraction of sp³-hybridized carbons (Fsp3) is 0.387. The molecule has 1 aromatic rings. The first-order valence-corrected chi connectivity index (χ1v) is 12.1. The predicted molar refractivity (Wildman–Crippen MR) is 147 cm³/mol. The first-order chi connectivity index (χ1) is 15.8. The van der Waals surface area contributed by atoms with Crippen LogP contribution in [0.3, 0.4) is 0 Å². The van der Waals surface area contributed by atoms with Gasteiger partial charge in [-0.25, -0.2) is 0 Å². The number of hydrogen-bond acceptors (Lipinski definition) is 2. The Morgan fingerprint density at radius 1 is 1.21 bits per heavy atom. The van der Waals surface area contributed by atoms with Crippen LogP contribution in [0.15, 0.2) is 91.0 Å². The molecule has 1 unspecified atom stereocenters. The standard InChI is InChI=1S/C31H42N2/c1-9-23(6)19-27(22(4)5)18-17-26(11-3)31-28(13-12-14-29(31)32-8)20-24(7)15-16-25(10-2)30-21-33-30/h9,11-16,21-23,27,32-33H,1-2,7,17-20H2,3-6,8H3/b16-15+,26-11-/t23?,27-/m1/s1. The van der Waals surface area contributed by atoms with Crippen molar-refractivity contribution in [3.05, 3.63) is 102 Å². The lowest BCUT2D eigenvalue weighted by molar-refractivity contribution is 0.313. The second kappa shape index (κ2) is 12.9. The highest BCUT2D eigenvalue weighted by molar-refractivity contribution is 5.79. The lowest BCUT2D eigenvalue weighted by Crippen LogP contribution is -2.12. The summed E-state index contributed by atoms with van der Waals surface area (Å²) < 4.78 is 0. The van der Waals surface area contributed by atoms with Gasteiger partial charge in [-0.15, -0.1) is 12.3 Å². The maximum absolute atomic E-state index is 4.32. The number of nitrogens with one attached hydrogen (secondary N) is 2. The Balaban J connectivity index is 2.23. The Labute approximate surface area is 202 Å². The van der Waals surface area contributed by atoms with E-state index in [2.05, 4.69) is 100 Å². The molecule has 0 radical (unpaired) electrons. The van der Waals surface area contributed by atoms with Crippen molar-refractivity contribution in [3.8, 4) is 0 Å². The molecule has 0 bridgehead atoms. The summed E-state index contributed by atoms with van der Waals surface area (Å²) in [6.07, 6.45) is 14.7. The molecule has 2 atom stereocenters. The van der Waals surface area contributed by atoms with Crippen molar-refractivity contribution in [1.82, 2.24) is 5.32 Å². The topological polar surface area (TPSA) is 34.0 Å². The molecule has 2 heteroatoms. The van der Waals surface area contributed by atoms with Crippen LogP contribution in [0.1, 0.15) is 58.1 Å². The molecule has 176 valence electrons. The molecule has 0 saturated heterocycles. The van der Waals surface area contributed by atoms with E-state index >= 15 is 0 Å². The minimum Gasteiger partial charge on any atom is -0.388 e. The fourth-order valence-corrected chi connectivity index (χ4v) is 4.33. The molecule has 2 N–H and O–H groups in total. The first-order valence-electron chi connectivity index (χ1n) is 12.1. The zero-order valence-corrected chi connectivity index (χ0v) is 21.3. The van der Waals surface area contributed by atoms with Gasteiger partial charge < -0.3 is 10.6 Å².